The number of unbranched alkanes of at least 4 members (excludes halogenated alkanes) is 1. The number of carbonyl (C=O) groups is 1. The van der Waals surface area contributed by atoms with E-state index in [9.17, 15) is 31.9 Å². The predicted molar refractivity (Wildman–Crippen MR) is 147 cm³/mol. The highest BCUT2D eigenvalue weighted by Crippen LogP contribution is 2.36. The lowest BCUT2D eigenvalue weighted by atomic mass is 10.1. The number of carboxylic acid groups (broad SMARTS) is 1. The van der Waals surface area contributed by atoms with E-state index < -0.39 is 24.5 Å². The molecular formula is C31H30F5N3O3. The van der Waals surface area contributed by atoms with E-state index in [1.165, 1.54) is 24.3 Å². The lowest BCUT2D eigenvalue weighted by Gasteiger charge is -2.25. The predicted octanol–water partition coefficient (Wildman–Crippen LogP) is 7.87. The summed E-state index contributed by atoms with van der Waals surface area (Å²) < 4.78 is 74.5. The summed E-state index contributed by atoms with van der Waals surface area (Å²) in [5.41, 5.74) is 1.04. The van der Waals surface area contributed by atoms with E-state index in [0.29, 0.717) is 29.7 Å². The van der Waals surface area contributed by atoms with Gasteiger partial charge in [-0.1, -0.05) is 67.9 Å². The smallest absolute Gasteiger partial charge is 0.435 e. The van der Waals surface area contributed by atoms with Crippen LogP contribution in [0.1, 0.15) is 52.6 Å². The van der Waals surface area contributed by atoms with Crippen molar-refractivity contribution < 1.29 is 36.6 Å². The summed E-state index contributed by atoms with van der Waals surface area (Å²) in [6.07, 6.45) is -3.30. The van der Waals surface area contributed by atoms with Crippen molar-refractivity contribution in [2.24, 2.45) is 0 Å². The molecule has 0 atom stereocenters. The number of nitrogens with zero attached hydrogens (tertiary/aromatic N) is 3. The summed E-state index contributed by atoms with van der Waals surface area (Å²) in [6, 6.07) is 20.7. The third-order valence-corrected chi connectivity index (χ3v) is 6.64. The summed E-state index contributed by atoms with van der Waals surface area (Å²) in [5, 5.41) is 9.24. The van der Waals surface area contributed by atoms with Crippen LogP contribution in [0.15, 0.2) is 78.9 Å². The molecule has 0 aliphatic rings. The van der Waals surface area contributed by atoms with Crippen LogP contribution in [0.4, 0.5) is 22.0 Å². The summed E-state index contributed by atoms with van der Waals surface area (Å²) >= 11 is 0. The SMILES string of the molecule is CCCCn1c(-c2ccccc2)nc(C(F)(F)F)c1CN(Cc1ccc(OC(F)F)cc1)Cc1ccc(C(=O)O)cc1. The topological polar surface area (TPSA) is 67.6 Å². The minimum atomic E-state index is -4.71. The molecule has 0 saturated heterocycles. The number of hydrogen-bond acceptors (Lipinski definition) is 4. The second-order valence-electron chi connectivity index (χ2n) is 9.77. The Morgan fingerprint density at radius 3 is 2.05 bits per heavy atom. The molecule has 4 rings (SSSR count). The van der Waals surface area contributed by atoms with Gasteiger partial charge in [-0.15, -0.1) is 0 Å². The first-order chi connectivity index (χ1) is 20.0. The highest BCUT2D eigenvalue weighted by Gasteiger charge is 2.39. The van der Waals surface area contributed by atoms with Crippen LogP contribution in [0.25, 0.3) is 11.4 Å². The molecule has 1 aromatic heterocycles. The molecule has 0 fully saturated rings. The van der Waals surface area contributed by atoms with Gasteiger partial charge in [-0.25, -0.2) is 9.78 Å². The fourth-order valence-electron chi connectivity index (χ4n) is 4.66. The van der Waals surface area contributed by atoms with Crippen molar-refractivity contribution in [2.75, 3.05) is 0 Å². The number of alkyl halides is 5. The molecule has 222 valence electrons. The zero-order valence-corrected chi connectivity index (χ0v) is 22.8. The zero-order valence-electron chi connectivity index (χ0n) is 22.8. The molecule has 0 radical (unpaired) electrons. The second-order valence-corrected chi connectivity index (χ2v) is 9.77. The number of aromatic nitrogens is 2. The van der Waals surface area contributed by atoms with Crippen LogP contribution in [-0.4, -0.2) is 32.1 Å². The van der Waals surface area contributed by atoms with E-state index in [2.05, 4.69) is 9.72 Å². The van der Waals surface area contributed by atoms with Gasteiger partial charge in [-0.05, 0) is 41.8 Å². The van der Waals surface area contributed by atoms with Crippen LogP contribution in [-0.2, 0) is 32.4 Å². The van der Waals surface area contributed by atoms with E-state index in [1.54, 1.807) is 64.1 Å². The van der Waals surface area contributed by atoms with Crippen molar-refractivity contribution in [1.82, 2.24) is 14.5 Å². The summed E-state index contributed by atoms with van der Waals surface area (Å²) in [5.74, 6) is -0.896. The van der Waals surface area contributed by atoms with Gasteiger partial charge in [0.05, 0.1) is 11.3 Å². The van der Waals surface area contributed by atoms with Crippen molar-refractivity contribution >= 4 is 5.97 Å². The first-order valence-corrected chi connectivity index (χ1v) is 13.4. The van der Waals surface area contributed by atoms with Gasteiger partial charge in [0.15, 0.2) is 5.69 Å². The Morgan fingerprint density at radius 1 is 0.929 bits per heavy atom. The van der Waals surface area contributed by atoms with E-state index in [1.807, 2.05) is 6.92 Å². The van der Waals surface area contributed by atoms with Crippen LogP contribution in [0.2, 0.25) is 0 Å². The summed E-state index contributed by atoms with van der Waals surface area (Å²) in [7, 11) is 0. The Balaban J connectivity index is 1.75. The maximum Gasteiger partial charge on any atom is 0.435 e. The minimum absolute atomic E-state index is 0.00890. The van der Waals surface area contributed by atoms with Crippen LogP contribution in [0.5, 0.6) is 5.75 Å². The minimum Gasteiger partial charge on any atom is -0.478 e. The highest BCUT2D eigenvalue weighted by molar-refractivity contribution is 5.87. The first-order valence-electron chi connectivity index (χ1n) is 13.4. The molecule has 0 aliphatic heterocycles. The first kappa shape index (κ1) is 30.7. The molecule has 3 aromatic carbocycles. The lowest BCUT2D eigenvalue weighted by molar-refractivity contribution is -0.141. The maximum atomic E-state index is 14.4. The molecule has 0 bridgehead atoms. The molecule has 6 nitrogen and oxygen atoms in total. The van der Waals surface area contributed by atoms with Gasteiger partial charge in [-0.2, -0.15) is 22.0 Å². The average Bonchev–Trinajstić information content (AvgIpc) is 3.32. The maximum absolute atomic E-state index is 14.4. The summed E-state index contributed by atoms with van der Waals surface area (Å²) in [6.45, 7) is -0.463. The molecule has 0 spiro atoms. The molecule has 0 amide bonds. The molecule has 0 saturated carbocycles. The number of hydrogen-bond donors (Lipinski definition) is 1. The van der Waals surface area contributed by atoms with E-state index in [-0.39, 0.29) is 42.5 Å². The molecule has 1 heterocycles. The third-order valence-electron chi connectivity index (χ3n) is 6.64. The number of rotatable bonds is 13. The van der Waals surface area contributed by atoms with Crippen LogP contribution >= 0.6 is 0 Å². The van der Waals surface area contributed by atoms with Crippen LogP contribution in [0, 0.1) is 0 Å². The van der Waals surface area contributed by atoms with Gasteiger partial charge < -0.3 is 14.4 Å². The van der Waals surface area contributed by atoms with Crippen LogP contribution in [0.3, 0.4) is 0 Å². The van der Waals surface area contributed by atoms with Crippen molar-refractivity contribution in [3.8, 4) is 17.1 Å². The molecule has 42 heavy (non-hydrogen) atoms. The standard InChI is InChI=1S/C31H30F5N3O3/c1-2-3-17-39-26(27(31(34,35)36)37-28(39)23-7-5-4-6-8-23)20-38(18-21-9-13-24(14-10-21)29(40)41)19-22-11-15-25(16-12-22)42-30(32)33/h4-16,30H,2-3,17-20H2,1H3,(H,40,41). The van der Waals surface area contributed by atoms with Crippen molar-refractivity contribution in [1.29, 1.82) is 0 Å². The summed E-state index contributed by atoms with van der Waals surface area (Å²) in [4.78, 5) is 17.2. The van der Waals surface area contributed by atoms with Gasteiger partial charge in [0, 0.05) is 31.7 Å². The largest absolute Gasteiger partial charge is 0.478 e. The zero-order chi connectivity index (χ0) is 30.3. The fourth-order valence-corrected chi connectivity index (χ4v) is 4.66. The number of halogens is 5. The van der Waals surface area contributed by atoms with E-state index >= 15 is 0 Å². The van der Waals surface area contributed by atoms with Gasteiger partial charge in [-0.3, -0.25) is 4.90 Å². The van der Waals surface area contributed by atoms with Gasteiger partial charge in [0.1, 0.15) is 11.6 Å². The van der Waals surface area contributed by atoms with Crippen molar-refractivity contribution in [3.05, 3.63) is 107 Å². The van der Waals surface area contributed by atoms with Gasteiger partial charge >= 0.3 is 18.8 Å². The second kappa shape index (κ2) is 13.6. The number of benzene rings is 3. The van der Waals surface area contributed by atoms with Crippen LogP contribution < -0.4 is 4.74 Å². The molecule has 1 N–H and O–H groups in total. The van der Waals surface area contributed by atoms with E-state index in [4.69, 9.17) is 0 Å². The Labute approximate surface area is 240 Å². The molecule has 0 unspecified atom stereocenters. The number of carboxylic acids is 1. The molecule has 11 heteroatoms. The number of ether oxygens (including phenoxy) is 1. The normalized spacial score (nSPS) is 11.8. The Morgan fingerprint density at radius 2 is 1.52 bits per heavy atom. The van der Waals surface area contributed by atoms with E-state index in [0.717, 1.165) is 6.42 Å². The third kappa shape index (κ3) is 7.94. The highest BCUT2D eigenvalue weighted by atomic mass is 19.4. The average molecular weight is 588 g/mol. The Bertz CT molecular complexity index is 1450. The molecule has 4 aromatic rings. The van der Waals surface area contributed by atoms with Gasteiger partial charge in [0.25, 0.3) is 0 Å². The fraction of sp³-hybridized carbons (Fsp3) is 0.290. The molecule has 0 aliphatic carbocycles. The van der Waals surface area contributed by atoms with Crippen molar-refractivity contribution in [2.45, 2.75) is 58.7 Å². The number of imidazole rings is 1. The number of aromatic carboxylic acids is 1. The Hall–Kier alpha value is -4.25. The quantitative estimate of drug-likeness (QED) is 0.161. The Kier molecular flexibility index (Phi) is 9.95. The molecular weight excluding hydrogens is 557 g/mol. The van der Waals surface area contributed by atoms with Gasteiger partial charge in [0.2, 0.25) is 0 Å². The lowest BCUT2D eigenvalue weighted by Crippen LogP contribution is -2.26. The van der Waals surface area contributed by atoms with Crippen molar-refractivity contribution in [3.63, 3.8) is 0 Å². The monoisotopic (exact) mass is 587 g/mol.